The van der Waals surface area contributed by atoms with Gasteiger partial charge in [0.15, 0.2) is 0 Å². The van der Waals surface area contributed by atoms with Crippen molar-refractivity contribution in [2.75, 3.05) is 23.3 Å². The first-order valence-corrected chi connectivity index (χ1v) is 11.8. The summed E-state index contributed by atoms with van der Waals surface area (Å²) in [6.45, 7) is 0. The molecule has 0 nitrogen and oxygen atoms in total. The van der Waals surface area contributed by atoms with Gasteiger partial charge in [-0.2, -0.15) is 0 Å². The van der Waals surface area contributed by atoms with Crippen LogP contribution in [0, 0.1) is 0 Å². The van der Waals surface area contributed by atoms with E-state index in [1.165, 1.54) is 88.6 Å². The molecule has 0 saturated carbocycles. The molecule has 0 heterocycles. The van der Waals surface area contributed by atoms with Gasteiger partial charge < -0.3 is 0 Å². The fourth-order valence-corrected chi connectivity index (χ4v) is 4.71. The first kappa shape index (κ1) is 21.3. The Morgan fingerprint density at radius 1 is 0.400 bits per heavy atom. The van der Waals surface area contributed by atoms with E-state index < -0.39 is 0 Å². The van der Waals surface area contributed by atoms with Gasteiger partial charge in [0.25, 0.3) is 0 Å². The summed E-state index contributed by atoms with van der Waals surface area (Å²) in [6.07, 6.45) is 16.1. The standard InChI is InChI=1S/C16H32Cl2S2/c17-13-9-5-1-3-7-11-15-19-20-16-12-8-4-2-6-10-14-18/h1-16H2. The third-order valence-electron chi connectivity index (χ3n) is 3.31. The van der Waals surface area contributed by atoms with Gasteiger partial charge in [-0.25, -0.2) is 0 Å². The van der Waals surface area contributed by atoms with E-state index in [0.717, 1.165) is 11.8 Å². The SMILES string of the molecule is ClCCCCCCCCSSCCCCCCCCCl. The molecule has 0 aromatic rings. The highest BCUT2D eigenvalue weighted by atomic mass is 35.5. The average Bonchev–Trinajstić information content (AvgIpc) is 2.47. The third-order valence-corrected chi connectivity index (χ3v) is 6.42. The maximum atomic E-state index is 5.66. The molecule has 0 saturated heterocycles. The minimum Gasteiger partial charge on any atom is -0.127 e. The Kier molecular flexibility index (Phi) is 21.6. The maximum absolute atomic E-state index is 5.66. The van der Waals surface area contributed by atoms with Crippen LogP contribution in [0.25, 0.3) is 0 Å². The van der Waals surface area contributed by atoms with E-state index in [4.69, 9.17) is 23.2 Å². The number of hydrogen-bond donors (Lipinski definition) is 0. The van der Waals surface area contributed by atoms with Crippen molar-refractivity contribution in [1.82, 2.24) is 0 Å². The quantitative estimate of drug-likeness (QED) is 0.150. The van der Waals surface area contributed by atoms with Gasteiger partial charge in [0.1, 0.15) is 0 Å². The molecule has 0 N–H and O–H groups in total. The van der Waals surface area contributed by atoms with Crippen molar-refractivity contribution in [2.24, 2.45) is 0 Å². The number of halogens is 2. The van der Waals surface area contributed by atoms with Gasteiger partial charge in [-0.15, -0.1) is 23.2 Å². The van der Waals surface area contributed by atoms with Gasteiger partial charge in [0.05, 0.1) is 0 Å². The van der Waals surface area contributed by atoms with Crippen molar-refractivity contribution < 1.29 is 0 Å². The highest BCUT2D eigenvalue weighted by Crippen LogP contribution is 2.24. The Balaban J connectivity index is 2.89. The summed E-state index contributed by atoms with van der Waals surface area (Å²) in [4.78, 5) is 0. The molecule has 0 spiro atoms. The molecule has 0 aliphatic rings. The minimum atomic E-state index is 0.833. The molecule has 0 aromatic carbocycles. The molecule has 0 bridgehead atoms. The van der Waals surface area contributed by atoms with E-state index in [0.29, 0.717) is 0 Å². The van der Waals surface area contributed by atoms with Crippen LogP contribution >= 0.6 is 44.8 Å². The van der Waals surface area contributed by atoms with Crippen LogP contribution in [0.15, 0.2) is 0 Å². The number of unbranched alkanes of at least 4 members (excludes halogenated alkanes) is 10. The summed E-state index contributed by atoms with van der Waals surface area (Å²) < 4.78 is 0. The lowest BCUT2D eigenvalue weighted by Gasteiger charge is -2.02. The van der Waals surface area contributed by atoms with E-state index in [9.17, 15) is 0 Å². The molecule has 4 heteroatoms. The highest BCUT2D eigenvalue weighted by Gasteiger charge is 1.95. The summed E-state index contributed by atoms with van der Waals surface area (Å²) in [5.41, 5.74) is 0. The van der Waals surface area contributed by atoms with Crippen molar-refractivity contribution in [1.29, 1.82) is 0 Å². The second kappa shape index (κ2) is 20.3. The van der Waals surface area contributed by atoms with Gasteiger partial charge in [-0.05, 0) is 25.7 Å². The van der Waals surface area contributed by atoms with E-state index in [1.807, 2.05) is 0 Å². The minimum absolute atomic E-state index is 0.833. The van der Waals surface area contributed by atoms with Gasteiger partial charge in [-0.1, -0.05) is 73.0 Å². The number of hydrogen-bond acceptors (Lipinski definition) is 2. The second-order valence-corrected chi connectivity index (χ2v) is 8.72. The fourth-order valence-electron chi connectivity index (χ4n) is 2.04. The van der Waals surface area contributed by atoms with Crippen molar-refractivity contribution in [3.63, 3.8) is 0 Å². The van der Waals surface area contributed by atoms with Gasteiger partial charge in [0, 0.05) is 23.3 Å². The molecule has 0 aromatic heterocycles. The van der Waals surface area contributed by atoms with Crippen molar-refractivity contribution in [3.8, 4) is 0 Å². The topological polar surface area (TPSA) is 0 Å². The zero-order chi connectivity index (χ0) is 14.7. The zero-order valence-corrected chi connectivity index (χ0v) is 16.0. The van der Waals surface area contributed by atoms with Crippen LogP contribution in [-0.4, -0.2) is 23.3 Å². The van der Waals surface area contributed by atoms with Crippen LogP contribution in [0.3, 0.4) is 0 Å². The Bertz CT molecular complexity index is 151. The maximum Gasteiger partial charge on any atom is 0.0223 e. The molecule has 0 radical (unpaired) electrons. The third kappa shape index (κ3) is 19.3. The molecule has 0 rings (SSSR count). The van der Waals surface area contributed by atoms with Crippen molar-refractivity contribution in [2.45, 2.75) is 77.0 Å². The average molecular weight is 359 g/mol. The summed E-state index contributed by atoms with van der Waals surface area (Å²) in [7, 11) is 4.14. The van der Waals surface area contributed by atoms with E-state index >= 15 is 0 Å². The Morgan fingerprint density at radius 2 is 0.700 bits per heavy atom. The lowest BCUT2D eigenvalue weighted by molar-refractivity contribution is 0.628. The molecular formula is C16H32Cl2S2. The van der Waals surface area contributed by atoms with E-state index in [-0.39, 0.29) is 0 Å². The van der Waals surface area contributed by atoms with Crippen LogP contribution in [0.2, 0.25) is 0 Å². The van der Waals surface area contributed by atoms with Crippen LogP contribution in [0.1, 0.15) is 77.0 Å². The Labute approximate surface area is 144 Å². The summed E-state index contributed by atoms with van der Waals surface area (Å²) in [6, 6.07) is 0. The predicted octanol–water partition coefficient (Wildman–Crippen LogP) is 7.53. The molecular weight excluding hydrogens is 327 g/mol. The largest absolute Gasteiger partial charge is 0.127 e. The monoisotopic (exact) mass is 358 g/mol. The van der Waals surface area contributed by atoms with Crippen LogP contribution in [-0.2, 0) is 0 Å². The van der Waals surface area contributed by atoms with Gasteiger partial charge in [-0.3, -0.25) is 0 Å². The first-order valence-electron chi connectivity index (χ1n) is 8.28. The van der Waals surface area contributed by atoms with Crippen molar-refractivity contribution >= 4 is 44.8 Å². The predicted molar refractivity (Wildman–Crippen MR) is 102 cm³/mol. The molecule has 0 atom stereocenters. The van der Waals surface area contributed by atoms with Crippen molar-refractivity contribution in [3.05, 3.63) is 0 Å². The van der Waals surface area contributed by atoms with Crippen LogP contribution in [0.5, 0.6) is 0 Å². The molecule has 0 unspecified atom stereocenters. The first-order chi connectivity index (χ1) is 9.91. The highest BCUT2D eigenvalue weighted by molar-refractivity contribution is 8.76. The molecule has 0 aliphatic heterocycles. The number of alkyl halides is 2. The molecule has 0 aliphatic carbocycles. The fraction of sp³-hybridized carbons (Fsp3) is 1.00. The summed E-state index contributed by atoms with van der Waals surface area (Å²) >= 11 is 11.3. The Morgan fingerprint density at radius 3 is 1.05 bits per heavy atom. The van der Waals surface area contributed by atoms with E-state index in [2.05, 4.69) is 21.6 Å². The van der Waals surface area contributed by atoms with Gasteiger partial charge in [0.2, 0.25) is 0 Å². The zero-order valence-electron chi connectivity index (χ0n) is 12.9. The molecule has 122 valence electrons. The lowest BCUT2D eigenvalue weighted by atomic mass is 10.1. The molecule has 0 fully saturated rings. The van der Waals surface area contributed by atoms with Crippen LogP contribution < -0.4 is 0 Å². The summed E-state index contributed by atoms with van der Waals surface area (Å²) in [5, 5.41) is 0. The number of rotatable bonds is 17. The lowest BCUT2D eigenvalue weighted by Crippen LogP contribution is -1.84. The van der Waals surface area contributed by atoms with Gasteiger partial charge >= 0.3 is 0 Å². The van der Waals surface area contributed by atoms with Crippen LogP contribution in [0.4, 0.5) is 0 Å². The van der Waals surface area contributed by atoms with E-state index in [1.54, 1.807) is 0 Å². The molecule has 20 heavy (non-hydrogen) atoms. The normalized spacial score (nSPS) is 11.1. The Hall–Kier alpha value is 1.28. The molecule has 0 amide bonds. The second-order valence-electron chi connectivity index (χ2n) is 5.26. The summed E-state index contributed by atoms with van der Waals surface area (Å²) in [5.74, 6) is 4.32. The smallest absolute Gasteiger partial charge is 0.0223 e.